The Morgan fingerprint density at radius 3 is 1.79 bits per heavy atom. The number of hydrogen-bond donors (Lipinski definition) is 1. The van der Waals surface area contributed by atoms with Gasteiger partial charge in [-0.25, -0.2) is 4.39 Å². The van der Waals surface area contributed by atoms with Crippen LogP contribution < -0.4 is 33.7 Å². The van der Waals surface area contributed by atoms with Gasteiger partial charge in [-0.3, -0.25) is 4.79 Å². The summed E-state index contributed by atoms with van der Waals surface area (Å²) in [5, 5.41) is 2.94. The summed E-state index contributed by atoms with van der Waals surface area (Å²) in [6.45, 7) is 0. The van der Waals surface area contributed by atoms with Gasteiger partial charge < -0.3 is 33.7 Å². The second-order valence-corrected chi connectivity index (χ2v) is 8.76. The maximum atomic E-state index is 14.9. The van der Waals surface area contributed by atoms with E-state index in [1.165, 1.54) is 61.0 Å². The smallest absolute Gasteiger partial charge is 0.203 e. The number of allylic oxidation sites excluding steroid dienone is 1. The van der Waals surface area contributed by atoms with E-state index in [1.54, 1.807) is 42.5 Å². The van der Waals surface area contributed by atoms with Crippen molar-refractivity contribution in [1.82, 2.24) is 0 Å². The second-order valence-electron chi connectivity index (χ2n) is 7.90. The van der Waals surface area contributed by atoms with Gasteiger partial charge in [0.25, 0.3) is 0 Å². The maximum Gasteiger partial charge on any atom is 0.203 e. The van der Waals surface area contributed by atoms with E-state index in [0.717, 1.165) is 5.56 Å². The number of nitrogens with one attached hydrogen (secondary N) is 1. The molecule has 0 spiro atoms. The highest BCUT2D eigenvalue weighted by atomic mass is 79.9. The molecule has 0 unspecified atom stereocenters. The normalized spacial score (nSPS) is 11.0. The van der Waals surface area contributed by atoms with E-state index >= 15 is 0 Å². The topological polar surface area (TPSA) is 84.5 Å². The number of halogens is 2. The number of methoxy groups -OCH3 is 6. The number of anilines is 1. The van der Waals surface area contributed by atoms with Crippen LogP contribution in [0, 0.1) is 5.82 Å². The molecular weight excluding hydrogens is 573 g/mol. The molecule has 3 aromatic carbocycles. The summed E-state index contributed by atoms with van der Waals surface area (Å²) < 4.78 is 47.3. The lowest BCUT2D eigenvalue weighted by Crippen LogP contribution is -2.01. The van der Waals surface area contributed by atoms with Gasteiger partial charge in [0.2, 0.25) is 5.75 Å². The maximum absolute atomic E-state index is 14.9. The van der Waals surface area contributed by atoms with Crippen molar-refractivity contribution in [3.05, 3.63) is 75.7 Å². The number of ketones is 1. The first-order valence-corrected chi connectivity index (χ1v) is 12.3. The second kappa shape index (κ2) is 13.6. The van der Waals surface area contributed by atoms with Crippen LogP contribution in [0.15, 0.2) is 53.1 Å². The quantitative estimate of drug-likeness (QED) is 0.141. The number of ether oxygens (including phenoxy) is 6. The summed E-state index contributed by atoms with van der Waals surface area (Å²) >= 11 is 3.38. The van der Waals surface area contributed by atoms with Crippen molar-refractivity contribution in [2.75, 3.05) is 48.0 Å². The zero-order valence-electron chi connectivity index (χ0n) is 22.4. The summed E-state index contributed by atoms with van der Waals surface area (Å²) in [6.07, 6.45) is 6.24. The van der Waals surface area contributed by atoms with Crippen LogP contribution in [0.4, 0.5) is 10.1 Å². The van der Waals surface area contributed by atoms with E-state index in [0.29, 0.717) is 50.0 Å². The number of hydrogen-bond acceptors (Lipinski definition) is 8. The third-order valence-electron chi connectivity index (χ3n) is 5.64. The number of carbonyl (C=O) groups excluding carboxylic acids is 1. The Bertz CT molecular complexity index is 1380. The van der Waals surface area contributed by atoms with Crippen molar-refractivity contribution in [2.24, 2.45) is 0 Å². The van der Waals surface area contributed by atoms with Gasteiger partial charge in [-0.1, -0.05) is 12.2 Å². The van der Waals surface area contributed by atoms with Crippen LogP contribution in [-0.4, -0.2) is 48.4 Å². The summed E-state index contributed by atoms with van der Waals surface area (Å²) in [7, 11) is 8.95. The minimum absolute atomic E-state index is 0.00401. The fourth-order valence-electron chi connectivity index (χ4n) is 3.76. The molecule has 0 amide bonds. The first-order chi connectivity index (χ1) is 18.8. The molecule has 0 aliphatic heterocycles. The van der Waals surface area contributed by atoms with E-state index in [2.05, 4.69) is 21.2 Å². The molecule has 39 heavy (non-hydrogen) atoms. The Labute approximate surface area is 235 Å². The lowest BCUT2D eigenvalue weighted by Gasteiger charge is -2.13. The van der Waals surface area contributed by atoms with E-state index in [1.807, 2.05) is 0 Å². The van der Waals surface area contributed by atoms with Crippen LogP contribution in [0.5, 0.6) is 34.5 Å². The fraction of sp³-hybridized carbons (Fsp3) is 0.207. The van der Waals surface area contributed by atoms with Crippen molar-refractivity contribution in [3.63, 3.8) is 0 Å². The predicted molar refractivity (Wildman–Crippen MR) is 152 cm³/mol. The number of rotatable bonds is 12. The molecule has 0 fully saturated rings. The van der Waals surface area contributed by atoms with Crippen LogP contribution in [0.1, 0.15) is 21.5 Å². The van der Waals surface area contributed by atoms with Crippen molar-refractivity contribution in [1.29, 1.82) is 0 Å². The minimum Gasteiger partial charge on any atom is -0.493 e. The van der Waals surface area contributed by atoms with Gasteiger partial charge in [-0.15, -0.1) is 0 Å². The Kier molecular flexibility index (Phi) is 10.2. The van der Waals surface area contributed by atoms with Crippen LogP contribution in [0.3, 0.4) is 0 Å². The largest absolute Gasteiger partial charge is 0.493 e. The summed E-state index contributed by atoms with van der Waals surface area (Å²) in [5.41, 5.74) is 2.00. The van der Waals surface area contributed by atoms with Gasteiger partial charge >= 0.3 is 0 Å². The predicted octanol–water partition coefficient (Wildman–Crippen LogP) is 6.62. The molecule has 0 saturated heterocycles. The number of carbonyl (C=O) groups is 1. The first-order valence-electron chi connectivity index (χ1n) is 11.5. The van der Waals surface area contributed by atoms with Gasteiger partial charge in [0, 0.05) is 22.3 Å². The molecule has 0 bridgehead atoms. The molecule has 0 aromatic heterocycles. The molecule has 8 nitrogen and oxygen atoms in total. The molecule has 10 heteroatoms. The Morgan fingerprint density at radius 2 is 1.26 bits per heavy atom. The molecule has 0 radical (unpaired) electrons. The van der Waals surface area contributed by atoms with Gasteiger partial charge in [0.05, 0.1) is 48.3 Å². The summed E-state index contributed by atoms with van der Waals surface area (Å²) in [4.78, 5) is 12.8. The highest BCUT2D eigenvalue weighted by Gasteiger charge is 2.15. The zero-order valence-corrected chi connectivity index (χ0v) is 24.0. The van der Waals surface area contributed by atoms with Crippen molar-refractivity contribution in [2.45, 2.75) is 0 Å². The van der Waals surface area contributed by atoms with Crippen LogP contribution in [-0.2, 0) is 0 Å². The fourth-order valence-corrected chi connectivity index (χ4v) is 4.27. The standard InChI is InChI=1S/C29H29BrFNO7/c1-34-24-15-19(20(30)16-25(24)35-2)23(33)9-10-32-22-12-17(11-21(31)28(22)38-5)7-8-18-13-26(36-3)29(39-6)27(14-18)37-4/h7-16,32H,1-6H3/b8-7-,10-9-. The number of benzene rings is 3. The third kappa shape index (κ3) is 6.83. The molecule has 0 aliphatic carbocycles. The third-order valence-corrected chi connectivity index (χ3v) is 6.29. The monoisotopic (exact) mass is 601 g/mol. The lowest BCUT2D eigenvalue weighted by atomic mass is 10.1. The molecular formula is C29H29BrFNO7. The average Bonchev–Trinajstić information content (AvgIpc) is 2.94. The first kappa shape index (κ1) is 29.4. The molecule has 0 aliphatic rings. The van der Waals surface area contributed by atoms with Gasteiger partial charge in [0.1, 0.15) is 0 Å². The minimum atomic E-state index is -0.575. The SMILES string of the molecule is COc1cc(Br)c(C(=O)/C=C\Nc2cc(/C=C\c3cc(OC)c(OC)c(OC)c3)cc(F)c2OC)cc1OC. The van der Waals surface area contributed by atoms with E-state index in [4.69, 9.17) is 28.4 Å². The van der Waals surface area contributed by atoms with Crippen LogP contribution in [0.25, 0.3) is 12.2 Å². The van der Waals surface area contributed by atoms with Gasteiger partial charge in [-0.05, 0) is 63.5 Å². The van der Waals surface area contributed by atoms with Gasteiger partial charge in [0.15, 0.2) is 40.3 Å². The van der Waals surface area contributed by atoms with E-state index < -0.39 is 5.82 Å². The van der Waals surface area contributed by atoms with Crippen molar-refractivity contribution >= 4 is 39.6 Å². The molecule has 0 saturated carbocycles. The van der Waals surface area contributed by atoms with E-state index in [9.17, 15) is 9.18 Å². The van der Waals surface area contributed by atoms with Crippen molar-refractivity contribution < 1.29 is 37.6 Å². The lowest BCUT2D eigenvalue weighted by molar-refractivity contribution is 0.104. The zero-order chi connectivity index (χ0) is 28.5. The highest BCUT2D eigenvalue weighted by molar-refractivity contribution is 9.10. The van der Waals surface area contributed by atoms with E-state index in [-0.39, 0.29) is 11.5 Å². The molecule has 0 atom stereocenters. The molecule has 206 valence electrons. The Hall–Kier alpha value is -4.18. The average molecular weight is 602 g/mol. The van der Waals surface area contributed by atoms with Crippen LogP contribution >= 0.6 is 15.9 Å². The molecule has 3 rings (SSSR count). The molecule has 0 heterocycles. The van der Waals surface area contributed by atoms with Gasteiger partial charge in [-0.2, -0.15) is 0 Å². The Balaban J connectivity index is 1.87. The molecule has 3 aromatic rings. The highest BCUT2D eigenvalue weighted by Crippen LogP contribution is 2.39. The van der Waals surface area contributed by atoms with Crippen LogP contribution in [0.2, 0.25) is 0 Å². The molecule has 1 N–H and O–H groups in total. The summed E-state index contributed by atoms with van der Waals surface area (Å²) in [6, 6.07) is 9.81. The summed E-state index contributed by atoms with van der Waals surface area (Å²) in [5.74, 6) is 1.49. The Morgan fingerprint density at radius 1 is 0.718 bits per heavy atom. The van der Waals surface area contributed by atoms with Crippen molar-refractivity contribution in [3.8, 4) is 34.5 Å².